The van der Waals surface area contributed by atoms with Crippen LogP contribution in [-0.4, -0.2) is 5.71 Å². The number of rotatable bonds is 3. The van der Waals surface area contributed by atoms with Crippen LogP contribution in [0.2, 0.25) is 0 Å². The van der Waals surface area contributed by atoms with Gasteiger partial charge in [-0.2, -0.15) is 0 Å². The van der Waals surface area contributed by atoms with Crippen molar-refractivity contribution >= 4 is 65.9 Å². The second kappa shape index (κ2) is 9.70. The van der Waals surface area contributed by atoms with Crippen molar-refractivity contribution in [3.63, 3.8) is 0 Å². The molecule has 3 heterocycles. The van der Waals surface area contributed by atoms with Gasteiger partial charge in [0.05, 0.1) is 11.8 Å². The normalized spacial score (nSPS) is 15.6. The molecule has 9 rings (SSSR count). The largest absolute Gasteiger partial charge is 0.456 e. The Bertz CT molecular complexity index is 2520. The zero-order valence-corrected chi connectivity index (χ0v) is 24.2. The van der Waals surface area contributed by atoms with Gasteiger partial charge in [0.2, 0.25) is 0 Å². The van der Waals surface area contributed by atoms with Gasteiger partial charge in [0, 0.05) is 50.1 Å². The maximum Gasteiger partial charge on any atom is 0.143 e. The third-order valence-electron chi connectivity index (χ3n) is 8.92. The van der Waals surface area contributed by atoms with Crippen molar-refractivity contribution in [3.8, 4) is 0 Å². The number of nitrogens with zero attached hydrogens (tertiary/aromatic N) is 1. The van der Waals surface area contributed by atoms with Crippen LogP contribution in [0, 0.1) is 0 Å². The minimum Gasteiger partial charge on any atom is -0.456 e. The van der Waals surface area contributed by atoms with Crippen LogP contribution in [-0.2, 0) is 0 Å². The first kappa shape index (κ1) is 24.9. The molecule has 6 aromatic carbocycles. The van der Waals surface area contributed by atoms with Gasteiger partial charge in [-0.3, -0.25) is 4.99 Å². The third-order valence-corrected chi connectivity index (χ3v) is 8.92. The Balaban J connectivity index is 1.27. The second-order valence-electron chi connectivity index (χ2n) is 11.6. The molecule has 1 atom stereocenters. The molecule has 0 amide bonds. The first-order chi connectivity index (χ1) is 21.7. The fourth-order valence-corrected chi connectivity index (χ4v) is 6.84. The van der Waals surface area contributed by atoms with E-state index in [2.05, 4.69) is 128 Å². The van der Waals surface area contributed by atoms with Crippen LogP contribution < -0.4 is 0 Å². The molecule has 0 aliphatic carbocycles. The average Bonchev–Trinajstić information content (AvgIpc) is 3.59. The van der Waals surface area contributed by atoms with E-state index in [1.165, 1.54) is 10.9 Å². The highest BCUT2D eigenvalue weighted by Gasteiger charge is 2.23. The summed E-state index contributed by atoms with van der Waals surface area (Å²) in [5.74, 6) is 0. The number of hydrogen-bond acceptors (Lipinski definition) is 3. The van der Waals surface area contributed by atoms with Crippen molar-refractivity contribution in [3.05, 3.63) is 155 Å². The zero-order valence-electron chi connectivity index (χ0n) is 24.2. The maximum atomic E-state index is 6.54. The second-order valence-corrected chi connectivity index (χ2v) is 11.6. The molecule has 3 heteroatoms. The van der Waals surface area contributed by atoms with Crippen molar-refractivity contribution in [2.45, 2.75) is 19.4 Å². The number of fused-ring (bicyclic) bond motifs is 8. The van der Waals surface area contributed by atoms with Gasteiger partial charge in [0.25, 0.3) is 0 Å². The predicted octanol–water partition coefficient (Wildman–Crippen LogP) is 11.2. The summed E-state index contributed by atoms with van der Waals surface area (Å²) in [5.41, 5.74) is 13.8. The Labute approximate surface area is 254 Å². The molecule has 3 nitrogen and oxygen atoms in total. The molecule has 1 aliphatic rings. The maximum absolute atomic E-state index is 6.54. The Kier molecular flexibility index (Phi) is 5.50. The number of furan rings is 2. The molecule has 1 aliphatic heterocycles. The molecule has 0 saturated heterocycles. The van der Waals surface area contributed by atoms with Gasteiger partial charge in [-0.25, -0.2) is 0 Å². The highest BCUT2D eigenvalue weighted by Crippen LogP contribution is 2.41. The van der Waals surface area contributed by atoms with Gasteiger partial charge in [-0.15, -0.1) is 5.73 Å². The van der Waals surface area contributed by atoms with Crippen LogP contribution in [0.5, 0.6) is 0 Å². The van der Waals surface area contributed by atoms with Crippen LogP contribution in [0.1, 0.15) is 36.1 Å². The lowest BCUT2D eigenvalue weighted by molar-refractivity contribution is 0.669. The molecule has 208 valence electrons. The summed E-state index contributed by atoms with van der Waals surface area (Å²) in [6.07, 6.45) is 0.719. The molecule has 0 fully saturated rings. The molecule has 0 saturated carbocycles. The van der Waals surface area contributed by atoms with E-state index >= 15 is 0 Å². The monoisotopic (exact) mass is 565 g/mol. The minimum absolute atomic E-state index is 0.0771. The quantitative estimate of drug-likeness (QED) is 0.200. The van der Waals surface area contributed by atoms with Gasteiger partial charge in [-0.1, -0.05) is 97.1 Å². The topological polar surface area (TPSA) is 38.6 Å². The summed E-state index contributed by atoms with van der Waals surface area (Å²) in [6.45, 7) is 2.12. The van der Waals surface area contributed by atoms with Crippen LogP contribution >= 0.6 is 0 Å². The summed E-state index contributed by atoms with van der Waals surface area (Å²) < 4.78 is 12.8. The molecule has 1 unspecified atom stereocenters. The van der Waals surface area contributed by atoms with Crippen molar-refractivity contribution in [2.24, 2.45) is 4.99 Å². The van der Waals surface area contributed by atoms with E-state index in [1.54, 1.807) is 0 Å². The lowest BCUT2D eigenvalue weighted by Gasteiger charge is -2.15. The van der Waals surface area contributed by atoms with E-state index in [-0.39, 0.29) is 6.04 Å². The van der Waals surface area contributed by atoms with Crippen molar-refractivity contribution in [1.29, 1.82) is 0 Å². The van der Waals surface area contributed by atoms with Gasteiger partial charge in [0.15, 0.2) is 0 Å². The number of hydrogen-bond donors (Lipinski definition) is 0. The lowest BCUT2D eigenvalue weighted by Crippen LogP contribution is -2.05. The highest BCUT2D eigenvalue weighted by molar-refractivity contribution is 6.19. The summed E-state index contributed by atoms with van der Waals surface area (Å²) in [6, 6.07) is 44.3. The van der Waals surface area contributed by atoms with Crippen LogP contribution in [0.25, 0.3) is 60.2 Å². The highest BCUT2D eigenvalue weighted by atomic mass is 16.3. The first-order valence-corrected chi connectivity index (χ1v) is 15.1. The lowest BCUT2D eigenvalue weighted by atomic mass is 9.92. The van der Waals surface area contributed by atoms with Gasteiger partial charge < -0.3 is 8.83 Å². The van der Waals surface area contributed by atoms with E-state index in [0.717, 1.165) is 83.7 Å². The molecule has 0 radical (unpaired) electrons. The fourth-order valence-electron chi connectivity index (χ4n) is 6.84. The van der Waals surface area contributed by atoms with E-state index in [0.29, 0.717) is 0 Å². The molecule has 44 heavy (non-hydrogen) atoms. The summed E-state index contributed by atoms with van der Waals surface area (Å²) in [4.78, 5) is 5.44. The van der Waals surface area contributed by atoms with Crippen molar-refractivity contribution < 1.29 is 8.83 Å². The Morgan fingerprint density at radius 1 is 0.636 bits per heavy atom. The summed E-state index contributed by atoms with van der Waals surface area (Å²) >= 11 is 0. The van der Waals surface area contributed by atoms with Crippen molar-refractivity contribution in [2.75, 3.05) is 0 Å². The van der Waals surface area contributed by atoms with E-state index in [4.69, 9.17) is 13.8 Å². The Morgan fingerprint density at radius 3 is 2.30 bits per heavy atom. The predicted molar refractivity (Wildman–Crippen MR) is 181 cm³/mol. The smallest absolute Gasteiger partial charge is 0.143 e. The van der Waals surface area contributed by atoms with Crippen molar-refractivity contribution in [1.82, 2.24) is 0 Å². The first-order valence-electron chi connectivity index (χ1n) is 15.1. The number of benzene rings is 6. The minimum atomic E-state index is -0.0771. The van der Waals surface area contributed by atoms with E-state index in [1.807, 2.05) is 12.1 Å². The third kappa shape index (κ3) is 3.87. The van der Waals surface area contributed by atoms with Gasteiger partial charge >= 0.3 is 0 Å². The van der Waals surface area contributed by atoms with Gasteiger partial charge in [0.1, 0.15) is 22.3 Å². The summed E-state index contributed by atoms with van der Waals surface area (Å²) in [7, 11) is 0. The molecule has 0 N–H and O–H groups in total. The van der Waals surface area contributed by atoms with Gasteiger partial charge in [-0.05, 0) is 53.8 Å². The SMILES string of the molecule is CC1=C=C(c2cccc3oc4c5ccccc5ccc4c23)CC(c2ccccc2)N=C1c1ccc2c(c1)oc1ccccc12. The molecular formula is C41H27NO2. The number of aliphatic imine (C=N–C) groups is 1. The number of para-hydroxylation sites is 1. The Hall–Kier alpha value is -5.63. The zero-order chi connectivity index (χ0) is 29.2. The molecule has 0 spiro atoms. The molecule has 8 aromatic rings. The van der Waals surface area contributed by atoms with E-state index in [9.17, 15) is 0 Å². The van der Waals surface area contributed by atoms with E-state index < -0.39 is 0 Å². The fraction of sp³-hybridized carbons (Fsp3) is 0.0732. The standard InChI is InChI=1S/C41H27NO2/c1-25-22-29(30-15-9-17-37-39(30)34-21-18-26-10-5-6-13-31(26)41(34)44-37)23-35(27-11-3-2-4-12-27)42-40(25)28-19-20-33-32-14-7-8-16-36(32)43-38(33)24-28/h2-21,24,35H,23H2,1H3. The van der Waals surface area contributed by atoms with Crippen LogP contribution in [0.4, 0.5) is 0 Å². The molecule has 2 aromatic heterocycles. The molecule has 0 bridgehead atoms. The summed E-state index contributed by atoms with van der Waals surface area (Å²) in [5, 5.41) is 6.79. The average molecular weight is 566 g/mol. The van der Waals surface area contributed by atoms with Crippen LogP contribution in [0.3, 0.4) is 0 Å². The Morgan fingerprint density at radius 2 is 1.39 bits per heavy atom. The van der Waals surface area contributed by atoms with Crippen LogP contribution in [0.15, 0.2) is 153 Å². The molecular weight excluding hydrogens is 538 g/mol.